The maximum atomic E-state index is 10.5. The van der Waals surface area contributed by atoms with Gasteiger partial charge in [-0.2, -0.15) is 0 Å². The van der Waals surface area contributed by atoms with Crippen LogP contribution >= 0.6 is 0 Å². The molecule has 0 bridgehead atoms. The van der Waals surface area contributed by atoms with Crippen LogP contribution < -0.4 is 0 Å². The molecule has 1 rings (SSSR count). The van der Waals surface area contributed by atoms with Gasteiger partial charge in [0.25, 0.3) is 0 Å². The van der Waals surface area contributed by atoms with Crippen LogP contribution in [-0.4, -0.2) is 20.9 Å². The second-order valence-corrected chi connectivity index (χ2v) is 7.15. The minimum absolute atomic E-state index is 0.272. The molecule has 1 aromatic carbocycles. The molecule has 1 aromatic rings. The molecule has 0 radical (unpaired) electrons. The van der Waals surface area contributed by atoms with Crippen molar-refractivity contribution in [2.75, 3.05) is 0 Å². The molecule has 0 aliphatic heterocycles. The van der Waals surface area contributed by atoms with E-state index in [0.29, 0.717) is 24.5 Å². The summed E-state index contributed by atoms with van der Waals surface area (Å²) < 4.78 is 0. The maximum Gasteiger partial charge on any atom is 0.122 e. The SMILES string of the molecule is Cc1c(C)c(O)c(CCC(C)(C)O)c(CCC(C)C)c1O. The molecule has 3 nitrogen and oxygen atoms in total. The minimum Gasteiger partial charge on any atom is -0.507 e. The van der Waals surface area contributed by atoms with Crippen molar-refractivity contribution in [2.45, 2.75) is 72.8 Å². The van der Waals surface area contributed by atoms with Crippen LogP contribution in [0.15, 0.2) is 0 Å². The third kappa shape index (κ3) is 4.63. The molecule has 0 spiro atoms. The first-order valence-corrected chi connectivity index (χ1v) is 7.79. The van der Waals surface area contributed by atoms with E-state index in [1.165, 1.54) is 0 Å². The highest BCUT2D eigenvalue weighted by Crippen LogP contribution is 2.39. The van der Waals surface area contributed by atoms with Crippen molar-refractivity contribution in [3.63, 3.8) is 0 Å². The predicted octanol–water partition coefficient (Wildman–Crippen LogP) is 4.01. The van der Waals surface area contributed by atoms with Gasteiger partial charge in [-0.25, -0.2) is 0 Å². The number of hydrogen-bond donors (Lipinski definition) is 3. The average molecular weight is 294 g/mol. The van der Waals surface area contributed by atoms with Crippen LogP contribution in [-0.2, 0) is 12.8 Å². The maximum absolute atomic E-state index is 10.5. The molecule has 0 fully saturated rings. The monoisotopic (exact) mass is 294 g/mol. The van der Waals surface area contributed by atoms with Gasteiger partial charge < -0.3 is 15.3 Å². The second kappa shape index (κ2) is 6.69. The van der Waals surface area contributed by atoms with Crippen LogP contribution in [0.3, 0.4) is 0 Å². The Kier molecular flexibility index (Phi) is 5.68. The zero-order chi connectivity index (χ0) is 16.4. The van der Waals surface area contributed by atoms with Gasteiger partial charge in [-0.3, -0.25) is 0 Å². The van der Waals surface area contributed by atoms with E-state index in [0.717, 1.165) is 35.1 Å². The number of aliphatic hydroxyl groups is 1. The first kappa shape index (κ1) is 17.8. The summed E-state index contributed by atoms with van der Waals surface area (Å²) in [6, 6.07) is 0. The minimum atomic E-state index is -0.782. The Bertz CT molecular complexity index is 496. The smallest absolute Gasteiger partial charge is 0.122 e. The Morgan fingerprint density at radius 3 is 1.71 bits per heavy atom. The molecule has 0 heterocycles. The molecule has 3 N–H and O–H groups in total. The second-order valence-electron chi connectivity index (χ2n) is 7.15. The number of aromatic hydroxyl groups is 2. The van der Waals surface area contributed by atoms with E-state index in [-0.39, 0.29) is 5.75 Å². The van der Waals surface area contributed by atoms with Gasteiger partial charge in [0.2, 0.25) is 0 Å². The molecular formula is C18H30O3. The number of benzene rings is 1. The van der Waals surface area contributed by atoms with Crippen molar-refractivity contribution in [2.24, 2.45) is 5.92 Å². The van der Waals surface area contributed by atoms with Crippen molar-refractivity contribution in [3.8, 4) is 11.5 Å². The van der Waals surface area contributed by atoms with Gasteiger partial charge in [0.1, 0.15) is 11.5 Å². The highest BCUT2D eigenvalue weighted by atomic mass is 16.3. The molecule has 21 heavy (non-hydrogen) atoms. The molecule has 0 atom stereocenters. The van der Waals surface area contributed by atoms with E-state index < -0.39 is 5.60 Å². The Morgan fingerprint density at radius 2 is 1.33 bits per heavy atom. The van der Waals surface area contributed by atoms with Gasteiger partial charge in [-0.15, -0.1) is 0 Å². The normalized spacial score (nSPS) is 12.2. The molecule has 0 aliphatic rings. The Morgan fingerprint density at radius 1 is 0.905 bits per heavy atom. The fourth-order valence-electron chi connectivity index (χ4n) is 2.50. The van der Waals surface area contributed by atoms with Crippen LogP contribution in [0.25, 0.3) is 0 Å². The molecule has 0 saturated carbocycles. The summed E-state index contributed by atoms with van der Waals surface area (Å²) in [5, 5.41) is 30.8. The number of phenols is 2. The summed E-state index contributed by atoms with van der Waals surface area (Å²) in [4.78, 5) is 0. The lowest BCUT2D eigenvalue weighted by atomic mass is 9.88. The van der Waals surface area contributed by atoms with E-state index in [1.54, 1.807) is 13.8 Å². The highest BCUT2D eigenvalue weighted by Gasteiger charge is 2.21. The van der Waals surface area contributed by atoms with Crippen molar-refractivity contribution >= 4 is 0 Å². The first-order chi connectivity index (χ1) is 9.54. The topological polar surface area (TPSA) is 60.7 Å². The number of phenolic OH excluding ortho intramolecular Hbond substituents is 2. The van der Waals surface area contributed by atoms with Crippen LogP contribution in [0.5, 0.6) is 11.5 Å². The van der Waals surface area contributed by atoms with Gasteiger partial charge in [-0.1, -0.05) is 13.8 Å². The fourth-order valence-corrected chi connectivity index (χ4v) is 2.50. The van der Waals surface area contributed by atoms with Gasteiger partial charge in [0.15, 0.2) is 0 Å². The Hall–Kier alpha value is -1.22. The lowest BCUT2D eigenvalue weighted by Gasteiger charge is -2.22. The molecule has 0 saturated heterocycles. The molecule has 3 heteroatoms. The molecular weight excluding hydrogens is 264 g/mol. The highest BCUT2D eigenvalue weighted by molar-refractivity contribution is 5.57. The Labute approximate surface area is 128 Å². The van der Waals surface area contributed by atoms with Crippen molar-refractivity contribution < 1.29 is 15.3 Å². The van der Waals surface area contributed by atoms with Crippen LogP contribution in [0.1, 0.15) is 62.8 Å². The third-order valence-corrected chi connectivity index (χ3v) is 4.17. The zero-order valence-electron chi connectivity index (χ0n) is 14.2. The van der Waals surface area contributed by atoms with Crippen LogP contribution in [0, 0.1) is 19.8 Å². The van der Waals surface area contributed by atoms with Crippen LogP contribution in [0.4, 0.5) is 0 Å². The summed E-state index contributed by atoms with van der Waals surface area (Å²) >= 11 is 0. The van der Waals surface area contributed by atoms with Crippen LogP contribution in [0.2, 0.25) is 0 Å². The van der Waals surface area contributed by atoms with Gasteiger partial charge >= 0.3 is 0 Å². The quantitative estimate of drug-likeness (QED) is 0.695. The third-order valence-electron chi connectivity index (χ3n) is 4.17. The van der Waals surface area contributed by atoms with E-state index in [1.807, 2.05) is 13.8 Å². The van der Waals surface area contributed by atoms with Crippen molar-refractivity contribution in [1.29, 1.82) is 0 Å². The molecule has 0 amide bonds. The van der Waals surface area contributed by atoms with E-state index in [4.69, 9.17) is 0 Å². The summed E-state index contributed by atoms with van der Waals surface area (Å²) in [5.41, 5.74) is 2.33. The van der Waals surface area contributed by atoms with Crippen molar-refractivity contribution in [1.82, 2.24) is 0 Å². The van der Waals surface area contributed by atoms with Crippen molar-refractivity contribution in [3.05, 3.63) is 22.3 Å². The number of hydrogen-bond acceptors (Lipinski definition) is 3. The largest absolute Gasteiger partial charge is 0.507 e. The first-order valence-electron chi connectivity index (χ1n) is 7.79. The van der Waals surface area contributed by atoms with Gasteiger partial charge in [-0.05, 0) is 70.4 Å². The Balaban J connectivity index is 3.23. The van der Waals surface area contributed by atoms with Gasteiger partial charge in [0.05, 0.1) is 5.60 Å². The summed E-state index contributed by atoms with van der Waals surface area (Å²) in [7, 11) is 0. The summed E-state index contributed by atoms with van der Waals surface area (Å²) in [5.74, 6) is 1.11. The fraction of sp³-hybridized carbons (Fsp3) is 0.667. The zero-order valence-corrected chi connectivity index (χ0v) is 14.2. The lowest BCUT2D eigenvalue weighted by Crippen LogP contribution is -2.19. The standard InChI is InChI=1S/C18H30O3/c1-11(2)7-8-14-15(9-10-18(5,6)21)17(20)13(4)12(3)16(14)19/h11,19-21H,7-10H2,1-6H3. The molecule has 120 valence electrons. The average Bonchev–Trinajstić information content (AvgIpc) is 2.36. The summed E-state index contributed by atoms with van der Waals surface area (Å²) in [6.45, 7) is 11.5. The van der Waals surface area contributed by atoms with Gasteiger partial charge in [0, 0.05) is 11.1 Å². The molecule has 0 aromatic heterocycles. The molecule has 0 aliphatic carbocycles. The summed E-state index contributed by atoms with van der Waals surface area (Å²) in [6.07, 6.45) is 2.83. The number of rotatable bonds is 6. The van der Waals surface area contributed by atoms with E-state index >= 15 is 0 Å². The lowest BCUT2D eigenvalue weighted by molar-refractivity contribution is 0.0711. The predicted molar refractivity (Wildman–Crippen MR) is 87.0 cm³/mol. The molecule has 0 unspecified atom stereocenters. The van der Waals surface area contributed by atoms with E-state index in [9.17, 15) is 15.3 Å². The van der Waals surface area contributed by atoms with E-state index in [2.05, 4.69) is 13.8 Å².